The normalized spacial score (nSPS) is 13.7. The number of amides is 2. The molecule has 0 bridgehead atoms. The second kappa shape index (κ2) is 9.74. The Bertz CT molecular complexity index is 448. The Kier molecular flexibility index (Phi) is 8.35. The molecular weight excluding hydrogens is 296 g/mol. The molecule has 22 heavy (non-hydrogen) atoms. The van der Waals surface area contributed by atoms with E-state index < -0.39 is 0 Å². The minimum atomic E-state index is -0.168. The van der Waals surface area contributed by atoms with Gasteiger partial charge >= 0.3 is 6.03 Å². The highest BCUT2D eigenvalue weighted by Gasteiger charge is 2.11. The molecule has 0 saturated heterocycles. The molecule has 2 atom stereocenters. The zero-order valence-electron chi connectivity index (χ0n) is 13.9. The molecule has 0 aliphatic rings. The van der Waals surface area contributed by atoms with Gasteiger partial charge in [0.25, 0.3) is 0 Å². The van der Waals surface area contributed by atoms with Crippen LogP contribution in [0.2, 0.25) is 0 Å². The minimum absolute atomic E-state index is 0.0388. The molecule has 1 aromatic carbocycles. The Labute approximate surface area is 138 Å². The number of rotatable bonds is 8. The van der Waals surface area contributed by atoms with Crippen molar-refractivity contribution in [1.29, 1.82) is 0 Å². The van der Waals surface area contributed by atoms with Crippen LogP contribution in [0, 0.1) is 0 Å². The number of aliphatic hydroxyl groups excluding tert-OH is 1. The van der Waals surface area contributed by atoms with Crippen molar-refractivity contribution >= 4 is 17.8 Å². The molecule has 0 heterocycles. The van der Waals surface area contributed by atoms with Crippen molar-refractivity contribution in [1.82, 2.24) is 10.6 Å². The van der Waals surface area contributed by atoms with Gasteiger partial charge in [0.1, 0.15) is 0 Å². The molecule has 124 valence electrons. The van der Waals surface area contributed by atoms with Crippen molar-refractivity contribution in [2.24, 2.45) is 0 Å². The molecule has 0 aliphatic heterocycles. The Morgan fingerprint density at radius 2 is 1.77 bits per heavy atom. The summed E-state index contributed by atoms with van der Waals surface area (Å²) in [4.78, 5) is 13.2. The standard InChI is InChI=1S/C17H28N2O2S/c1-12(2)22-16-9-7-15(8-10-16)14(4)19-17(21)18-13(3)6-5-11-20/h7-10,12-14,20H,5-6,11H2,1-4H3,(H2,18,19,21). The van der Waals surface area contributed by atoms with Crippen LogP contribution in [0.15, 0.2) is 29.2 Å². The van der Waals surface area contributed by atoms with E-state index in [1.54, 1.807) is 0 Å². The van der Waals surface area contributed by atoms with Crippen LogP contribution >= 0.6 is 11.8 Å². The van der Waals surface area contributed by atoms with Crippen molar-refractivity contribution in [2.45, 2.75) is 62.8 Å². The van der Waals surface area contributed by atoms with E-state index in [1.807, 2.05) is 25.6 Å². The molecule has 4 nitrogen and oxygen atoms in total. The molecular formula is C17H28N2O2S. The molecule has 2 unspecified atom stereocenters. The Hall–Kier alpha value is -1.20. The monoisotopic (exact) mass is 324 g/mol. The molecule has 0 spiro atoms. The summed E-state index contributed by atoms with van der Waals surface area (Å²) in [7, 11) is 0. The van der Waals surface area contributed by atoms with Gasteiger partial charge in [-0.1, -0.05) is 26.0 Å². The Morgan fingerprint density at radius 1 is 1.14 bits per heavy atom. The second-order valence-corrected chi connectivity index (χ2v) is 7.49. The van der Waals surface area contributed by atoms with E-state index in [4.69, 9.17) is 5.11 Å². The average molecular weight is 324 g/mol. The number of carbonyl (C=O) groups is 1. The quantitative estimate of drug-likeness (QED) is 0.639. The molecule has 0 fully saturated rings. The summed E-state index contributed by atoms with van der Waals surface area (Å²) in [5.74, 6) is 0. The first-order chi connectivity index (χ1) is 10.4. The van der Waals surface area contributed by atoms with Crippen LogP contribution < -0.4 is 10.6 Å². The third-order valence-corrected chi connectivity index (χ3v) is 4.29. The van der Waals surface area contributed by atoms with Crippen molar-refractivity contribution < 1.29 is 9.90 Å². The van der Waals surface area contributed by atoms with Gasteiger partial charge in [0, 0.05) is 22.8 Å². The Balaban J connectivity index is 2.46. The first-order valence-electron chi connectivity index (χ1n) is 7.87. The lowest BCUT2D eigenvalue weighted by molar-refractivity contribution is 0.231. The number of thioether (sulfide) groups is 1. The molecule has 2 amide bonds. The summed E-state index contributed by atoms with van der Waals surface area (Å²) in [5.41, 5.74) is 1.09. The summed E-state index contributed by atoms with van der Waals surface area (Å²) in [5, 5.41) is 15.2. The summed E-state index contributed by atoms with van der Waals surface area (Å²) in [6.45, 7) is 8.42. The van der Waals surface area contributed by atoms with Gasteiger partial charge in [0.05, 0.1) is 6.04 Å². The van der Waals surface area contributed by atoms with E-state index in [9.17, 15) is 4.79 Å². The van der Waals surface area contributed by atoms with Crippen LogP contribution in [0.3, 0.4) is 0 Å². The van der Waals surface area contributed by atoms with Gasteiger partial charge in [-0.15, -0.1) is 11.8 Å². The molecule has 5 heteroatoms. The van der Waals surface area contributed by atoms with E-state index in [2.05, 4.69) is 48.7 Å². The lowest BCUT2D eigenvalue weighted by Gasteiger charge is -2.18. The predicted octanol–water partition coefficient (Wildman–Crippen LogP) is 3.71. The maximum Gasteiger partial charge on any atom is 0.315 e. The van der Waals surface area contributed by atoms with Gasteiger partial charge in [-0.3, -0.25) is 0 Å². The average Bonchev–Trinajstić information content (AvgIpc) is 2.45. The molecule has 0 radical (unpaired) electrons. The summed E-state index contributed by atoms with van der Waals surface area (Å²) < 4.78 is 0. The smallest absolute Gasteiger partial charge is 0.315 e. The number of hydrogen-bond donors (Lipinski definition) is 3. The zero-order valence-corrected chi connectivity index (χ0v) is 14.7. The van der Waals surface area contributed by atoms with Gasteiger partial charge < -0.3 is 15.7 Å². The molecule has 1 aromatic rings. The largest absolute Gasteiger partial charge is 0.396 e. The minimum Gasteiger partial charge on any atom is -0.396 e. The van der Waals surface area contributed by atoms with Crippen LogP contribution in [0.1, 0.15) is 52.1 Å². The maximum atomic E-state index is 11.9. The van der Waals surface area contributed by atoms with Gasteiger partial charge in [-0.25, -0.2) is 4.79 Å². The van der Waals surface area contributed by atoms with E-state index in [-0.39, 0.29) is 24.7 Å². The van der Waals surface area contributed by atoms with Crippen LogP contribution in [-0.4, -0.2) is 29.0 Å². The van der Waals surface area contributed by atoms with E-state index in [0.717, 1.165) is 12.0 Å². The van der Waals surface area contributed by atoms with Gasteiger partial charge in [-0.2, -0.15) is 0 Å². The molecule has 3 N–H and O–H groups in total. The van der Waals surface area contributed by atoms with Crippen LogP contribution in [-0.2, 0) is 0 Å². The second-order valence-electron chi connectivity index (χ2n) is 5.84. The summed E-state index contributed by atoms with van der Waals surface area (Å²) in [6, 6.07) is 8.17. The highest BCUT2D eigenvalue weighted by Crippen LogP contribution is 2.24. The van der Waals surface area contributed by atoms with Crippen LogP contribution in [0.25, 0.3) is 0 Å². The molecule has 1 rings (SSSR count). The first-order valence-corrected chi connectivity index (χ1v) is 8.74. The molecule has 0 aromatic heterocycles. The first kappa shape index (κ1) is 18.8. The predicted molar refractivity (Wildman–Crippen MR) is 93.3 cm³/mol. The number of aliphatic hydroxyl groups is 1. The number of nitrogens with one attached hydrogen (secondary N) is 2. The number of hydrogen-bond acceptors (Lipinski definition) is 3. The fraction of sp³-hybridized carbons (Fsp3) is 0.588. The lowest BCUT2D eigenvalue weighted by Crippen LogP contribution is -2.41. The fourth-order valence-electron chi connectivity index (χ4n) is 2.12. The molecule has 0 aliphatic carbocycles. The third kappa shape index (κ3) is 7.18. The highest BCUT2D eigenvalue weighted by atomic mass is 32.2. The number of carbonyl (C=O) groups excluding carboxylic acids is 1. The maximum absolute atomic E-state index is 11.9. The van der Waals surface area contributed by atoms with Gasteiger partial charge in [0.15, 0.2) is 0 Å². The van der Waals surface area contributed by atoms with Crippen LogP contribution in [0.5, 0.6) is 0 Å². The third-order valence-electron chi connectivity index (χ3n) is 3.27. The molecule has 0 saturated carbocycles. The highest BCUT2D eigenvalue weighted by molar-refractivity contribution is 7.99. The van der Waals surface area contributed by atoms with Crippen molar-refractivity contribution in [3.8, 4) is 0 Å². The van der Waals surface area contributed by atoms with Gasteiger partial charge in [-0.05, 0) is 44.4 Å². The van der Waals surface area contributed by atoms with E-state index in [0.29, 0.717) is 11.7 Å². The van der Waals surface area contributed by atoms with E-state index in [1.165, 1.54) is 4.90 Å². The Morgan fingerprint density at radius 3 is 2.32 bits per heavy atom. The number of benzene rings is 1. The summed E-state index contributed by atoms with van der Waals surface area (Å²) >= 11 is 1.83. The van der Waals surface area contributed by atoms with Crippen molar-refractivity contribution in [2.75, 3.05) is 6.61 Å². The topological polar surface area (TPSA) is 61.4 Å². The van der Waals surface area contributed by atoms with Crippen molar-refractivity contribution in [3.05, 3.63) is 29.8 Å². The van der Waals surface area contributed by atoms with Crippen LogP contribution in [0.4, 0.5) is 4.79 Å². The summed E-state index contributed by atoms with van der Waals surface area (Å²) in [6.07, 6.45) is 1.48. The van der Waals surface area contributed by atoms with Crippen molar-refractivity contribution in [3.63, 3.8) is 0 Å². The SMILES string of the molecule is CC(CCCO)NC(=O)NC(C)c1ccc(SC(C)C)cc1. The fourth-order valence-corrected chi connectivity index (χ4v) is 2.96. The lowest BCUT2D eigenvalue weighted by atomic mass is 10.1. The van der Waals surface area contributed by atoms with E-state index >= 15 is 0 Å². The zero-order chi connectivity index (χ0) is 16.5. The van der Waals surface area contributed by atoms with Gasteiger partial charge in [0.2, 0.25) is 0 Å². The number of urea groups is 1.